The van der Waals surface area contributed by atoms with Gasteiger partial charge < -0.3 is 15.2 Å². The van der Waals surface area contributed by atoms with Crippen LogP contribution in [-0.4, -0.2) is 45.1 Å². The lowest BCUT2D eigenvalue weighted by atomic mass is 10.3. The zero-order chi connectivity index (χ0) is 11.3. The highest BCUT2D eigenvalue weighted by molar-refractivity contribution is 5.72. The molecule has 0 aliphatic rings. The van der Waals surface area contributed by atoms with Crippen LogP contribution in [-0.2, 0) is 16.1 Å². The Morgan fingerprint density at radius 1 is 1.27 bits per heavy atom. The third kappa shape index (κ3) is 4.28. The molecule has 15 heavy (non-hydrogen) atoms. The van der Waals surface area contributed by atoms with Gasteiger partial charge in [0, 0.05) is 18.4 Å². The number of hydrogen-bond donors (Lipinski definition) is 3. The molecule has 0 unspecified atom stereocenters. The van der Waals surface area contributed by atoms with Crippen LogP contribution in [0.25, 0.3) is 0 Å². The highest BCUT2D eigenvalue weighted by Gasteiger charge is 2.13. The molecule has 0 amide bonds. The summed E-state index contributed by atoms with van der Waals surface area (Å²) in [6, 6.07) is 3.55. The summed E-state index contributed by atoms with van der Waals surface area (Å²) in [6.07, 6.45) is 1.70. The molecule has 82 valence electrons. The highest BCUT2D eigenvalue weighted by atomic mass is 16.4. The molecule has 1 aromatic heterocycles. The molecule has 1 rings (SSSR count). The van der Waals surface area contributed by atoms with Gasteiger partial charge in [-0.05, 0) is 12.1 Å². The summed E-state index contributed by atoms with van der Waals surface area (Å²) < 4.78 is 0. The molecular formula is C9H12N2O4. The lowest BCUT2D eigenvalue weighted by Crippen LogP contribution is -2.34. The smallest absolute Gasteiger partial charge is 0.317 e. The lowest BCUT2D eigenvalue weighted by molar-refractivity contribution is -0.142. The van der Waals surface area contributed by atoms with E-state index in [1.54, 1.807) is 18.3 Å². The van der Waals surface area contributed by atoms with Crippen LogP contribution in [0.2, 0.25) is 0 Å². The molecule has 0 saturated carbocycles. The Morgan fingerprint density at radius 2 is 1.87 bits per heavy atom. The fraction of sp³-hybridized carbons (Fsp3) is 0.333. The molecule has 1 aromatic rings. The normalized spacial score (nSPS) is 10.5. The van der Waals surface area contributed by atoms with Gasteiger partial charge >= 0.3 is 11.9 Å². The van der Waals surface area contributed by atoms with Crippen LogP contribution in [0, 0.1) is 0 Å². The number of hydrogen-bond acceptors (Lipinski definition) is 3. The van der Waals surface area contributed by atoms with Crippen molar-refractivity contribution >= 4 is 11.9 Å². The van der Waals surface area contributed by atoms with Crippen molar-refractivity contribution in [3.8, 4) is 0 Å². The molecule has 0 bridgehead atoms. The Bertz CT molecular complexity index is 318. The van der Waals surface area contributed by atoms with Crippen molar-refractivity contribution in [1.29, 1.82) is 0 Å². The summed E-state index contributed by atoms with van der Waals surface area (Å²) in [4.78, 5) is 25.2. The minimum absolute atomic E-state index is 0.283. The van der Waals surface area contributed by atoms with Gasteiger partial charge in [-0.3, -0.25) is 14.5 Å². The number of nitrogens with zero attached hydrogens (tertiary/aromatic N) is 1. The Hall–Kier alpha value is -1.82. The standard InChI is InChI=1S/C9H12N2O4/c12-8(13)5-11(6-9(14)15)4-7-2-1-3-10-7/h1-3,10H,4-6H2,(H,12,13)(H,14,15). The first-order chi connectivity index (χ1) is 7.08. The molecule has 0 radical (unpaired) electrons. The maximum absolute atomic E-state index is 10.5. The number of aliphatic carboxylic acids is 2. The van der Waals surface area contributed by atoms with Gasteiger partial charge in [0.05, 0.1) is 13.1 Å². The molecule has 0 fully saturated rings. The molecular weight excluding hydrogens is 200 g/mol. The van der Waals surface area contributed by atoms with Crippen LogP contribution in [0.1, 0.15) is 5.69 Å². The fourth-order valence-corrected chi connectivity index (χ4v) is 1.26. The van der Waals surface area contributed by atoms with E-state index in [-0.39, 0.29) is 19.6 Å². The first kappa shape index (κ1) is 11.3. The van der Waals surface area contributed by atoms with Crippen molar-refractivity contribution in [1.82, 2.24) is 9.88 Å². The van der Waals surface area contributed by atoms with Gasteiger partial charge in [-0.1, -0.05) is 0 Å². The molecule has 3 N–H and O–H groups in total. The van der Waals surface area contributed by atoms with Crippen molar-refractivity contribution in [2.75, 3.05) is 13.1 Å². The third-order valence-corrected chi connectivity index (χ3v) is 1.77. The number of carboxylic acids is 2. The van der Waals surface area contributed by atoms with Gasteiger partial charge in [-0.2, -0.15) is 0 Å². The summed E-state index contributed by atoms with van der Waals surface area (Å²) in [5, 5.41) is 17.2. The van der Waals surface area contributed by atoms with E-state index in [4.69, 9.17) is 10.2 Å². The average molecular weight is 212 g/mol. The largest absolute Gasteiger partial charge is 0.480 e. The van der Waals surface area contributed by atoms with Gasteiger partial charge in [-0.25, -0.2) is 0 Å². The second kappa shape index (κ2) is 5.16. The Balaban J connectivity index is 2.55. The summed E-state index contributed by atoms with van der Waals surface area (Å²) >= 11 is 0. The van der Waals surface area contributed by atoms with E-state index in [1.165, 1.54) is 4.90 Å². The summed E-state index contributed by atoms with van der Waals surface area (Å²) in [6.45, 7) is -0.289. The minimum Gasteiger partial charge on any atom is -0.480 e. The van der Waals surface area contributed by atoms with Crippen molar-refractivity contribution in [2.45, 2.75) is 6.54 Å². The van der Waals surface area contributed by atoms with E-state index in [9.17, 15) is 9.59 Å². The van der Waals surface area contributed by atoms with E-state index >= 15 is 0 Å². The number of H-pyrrole nitrogens is 1. The third-order valence-electron chi connectivity index (χ3n) is 1.77. The van der Waals surface area contributed by atoms with Crippen LogP contribution in [0.15, 0.2) is 18.3 Å². The fourth-order valence-electron chi connectivity index (χ4n) is 1.26. The predicted octanol–water partition coefficient (Wildman–Crippen LogP) is -0.0141. The zero-order valence-corrected chi connectivity index (χ0v) is 8.01. The van der Waals surface area contributed by atoms with Crippen LogP contribution in [0.4, 0.5) is 0 Å². The van der Waals surface area contributed by atoms with E-state index in [1.807, 2.05) is 0 Å². The number of aromatic nitrogens is 1. The van der Waals surface area contributed by atoms with E-state index in [0.29, 0.717) is 0 Å². The number of carbonyl (C=O) groups is 2. The quantitative estimate of drug-likeness (QED) is 0.616. The van der Waals surface area contributed by atoms with Crippen molar-refractivity contribution < 1.29 is 19.8 Å². The van der Waals surface area contributed by atoms with E-state index < -0.39 is 11.9 Å². The molecule has 6 heteroatoms. The SMILES string of the molecule is O=C(O)CN(CC(=O)O)Cc1ccc[nH]1. The second-order valence-corrected chi connectivity index (χ2v) is 3.13. The Labute approximate surface area is 86.1 Å². The number of rotatable bonds is 6. The van der Waals surface area contributed by atoms with E-state index in [0.717, 1.165) is 5.69 Å². The first-order valence-electron chi connectivity index (χ1n) is 4.36. The average Bonchev–Trinajstić information content (AvgIpc) is 2.53. The molecule has 0 atom stereocenters. The maximum Gasteiger partial charge on any atom is 0.317 e. The summed E-state index contributed by atoms with van der Waals surface area (Å²) in [5.74, 6) is -2.08. The highest BCUT2D eigenvalue weighted by Crippen LogP contribution is 2.01. The predicted molar refractivity (Wildman–Crippen MR) is 51.3 cm³/mol. The molecule has 0 aromatic carbocycles. The van der Waals surface area contributed by atoms with Gasteiger partial charge in [0.1, 0.15) is 0 Å². The summed E-state index contributed by atoms with van der Waals surface area (Å²) in [7, 11) is 0. The first-order valence-corrected chi connectivity index (χ1v) is 4.36. The van der Waals surface area contributed by atoms with Gasteiger partial charge in [-0.15, -0.1) is 0 Å². The molecule has 0 aliphatic carbocycles. The minimum atomic E-state index is -1.04. The van der Waals surface area contributed by atoms with E-state index in [2.05, 4.69) is 4.98 Å². The number of nitrogens with one attached hydrogen (secondary N) is 1. The maximum atomic E-state index is 10.5. The molecule has 0 saturated heterocycles. The van der Waals surface area contributed by atoms with Crippen LogP contribution < -0.4 is 0 Å². The molecule has 6 nitrogen and oxygen atoms in total. The topological polar surface area (TPSA) is 93.6 Å². The van der Waals surface area contributed by atoms with Crippen molar-refractivity contribution in [3.05, 3.63) is 24.0 Å². The van der Waals surface area contributed by atoms with Gasteiger partial charge in [0.15, 0.2) is 0 Å². The number of carboxylic acid groups (broad SMARTS) is 2. The van der Waals surface area contributed by atoms with Crippen LogP contribution in [0.5, 0.6) is 0 Å². The van der Waals surface area contributed by atoms with Gasteiger partial charge in [0.25, 0.3) is 0 Å². The monoisotopic (exact) mass is 212 g/mol. The summed E-state index contributed by atoms with van der Waals surface area (Å²) in [5.41, 5.74) is 0.789. The van der Waals surface area contributed by atoms with Crippen LogP contribution >= 0.6 is 0 Å². The van der Waals surface area contributed by atoms with Gasteiger partial charge in [0.2, 0.25) is 0 Å². The molecule has 0 spiro atoms. The number of aromatic amines is 1. The molecule has 1 heterocycles. The second-order valence-electron chi connectivity index (χ2n) is 3.13. The zero-order valence-electron chi connectivity index (χ0n) is 8.01. The van der Waals surface area contributed by atoms with Crippen molar-refractivity contribution in [2.24, 2.45) is 0 Å². The Morgan fingerprint density at radius 3 is 2.27 bits per heavy atom. The van der Waals surface area contributed by atoms with Crippen LogP contribution in [0.3, 0.4) is 0 Å². The van der Waals surface area contributed by atoms with Crippen molar-refractivity contribution in [3.63, 3.8) is 0 Å². The Kier molecular flexibility index (Phi) is 3.87. The lowest BCUT2D eigenvalue weighted by Gasteiger charge is -2.16. The molecule has 0 aliphatic heterocycles.